The number of hydrogen-bond donors (Lipinski definition) is 1. The molecule has 1 aromatic heterocycles. The Kier molecular flexibility index (Phi) is 4.80. The molecule has 96 valence electrons. The van der Waals surface area contributed by atoms with Crippen LogP contribution >= 0.6 is 11.3 Å². The monoisotopic (exact) mass is 253 g/mol. The van der Waals surface area contributed by atoms with Gasteiger partial charge in [-0.2, -0.15) is 0 Å². The first kappa shape index (κ1) is 12.8. The molecule has 1 saturated carbocycles. The minimum absolute atomic E-state index is 0.951. The summed E-state index contributed by atoms with van der Waals surface area (Å²) in [7, 11) is 0. The molecule has 0 saturated heterocycles. The maximum atomic E-state index is 4.39. The van der Waals surface area contributed by atoms with Crippen LogP contribution in [0.3, 0.4) is 0 Å². The highest BCUT2D eigenvalue weighted by Crippen LogP contribution is 2.28. The lowest BCUT2D eigenvalue weighted by Crippen LogP contribution is -2.31. The van der Waals surface area contributed by atoms with Gasteiger partial charge in [0.05, 0.1) is 0 Å². The van der Waals surface area contributed by atoms with Gasteiger partial charge in [-0.25, -0.2) is 4.98 Å². The van der Waals surface area contributed by atoms with Crippen LogP contribution in [0.25, 0.3) is 0 Å². The van der Waals surface area contributed by atoms with Gasteiger partial charge in [0.25, 0.3) is 0 Å². The summed E-state index contributed by atoms with van der Waals surface area (Å²) in [5, 5.41) is 4.33. The Hall–Kier alpha value is -0.610. The Balaban J connectivity index is 1.83. The highest BCUT2D eigenvalue weighted by molar-refractivity contribution is 7.15. The molecule has 17 heavy (non-hydrogen) atoms. The zero-order valence-corrected chi connectivity index (χ0v) is 11.7. The topological polar surface area (TPSA) is 28.2 Å². The normalized spacial score (nSPS) is 16.2. The first-order valence-corrected chi connectivity index (χ1v) is 7.54. The number of anilines is 1. The lowest BCUT2D eigenvalue weighted by Gasteiger charge is -2.31. The number of nitrogens with one attached hydrogen (secondary N) is 1. The summed E-state index contributed by atoms with van der Waals surface area (Å²) < 4.78 is 0. The van der Waals surface area contributed by atoms with Crippen molar-refractivity contribution >= 4 is 16.5 Å². The van der Waals surface area contributed by atoms with Crippen molar-refractivity contribution in [2.45, 2.75) is 39.7 Å². The van der Waals surface area contributed by atoms with Crippen LogP contribution in [-0.4, -0.2) is 29.5 Å². The molecule has 0 spiro atoms. The second-order valence-corrected chi connectivity index (χ2v) is 5.90. The number of hydrogen-bond acceptors (Lipinski definition) is 4. The Morgan fingerprint density at radius 1 is 1.47 bits per heavy atom. The number of rotatable bonds is 7. The molecule has 3 nitrogen and oxygen atoms in total. The van der Waals surface area contributed by atoms with Gasteiger partial charge in [-0.1, -0.05) is 13.3 Å². The van der Waals surface area contributed by atoms with Crippen molar-refractivity contribution in [1.82, 2.24) is 9.88 Å². The second kappa shape index (κ2) is 6.36. The predicted molar refractivity (Wildman–Crippen MR) is 74.6 cm³/mol. The predicted octanol–water partition coefficient (Wildman–Crippen LogP) is 3.20. The van der Waals surface area contributed by atoms with Crippen LogP contribution in [0.1, 0.15) is 38.0 Å². The third-order valence-electron chi connectivity index (χ3n) is 3.45. The molecule has 2 rings (SSSR count). The molecule has 4 heteroatoms. The van der Waals surface area contributed by atoms with Crippen molar-refractivity contribution < 1.29 is 0 Å². The van der Waals surface area contributed by atoms with Crippen LogP contribution in [0.2, 0.25) is 0 Å². The Labute approximate surface area is 108 Å². The number of thiazole rings is 1. The van der Waals surface area contributed by atoms with Crippen LogP contribution in [-0.2, 0) is 6.54 Å². The molecule has 0 aliphatic heterocycles. The van der Waals surface area contributed by atoms with Gasteiger partial charge >= 0.3 is 0 Å². The van der Waals surface area contributed by atoms with E-state index in [2.05, 4.69) is 29.0 Å². The zero-order valence-electron chi connectivity index (χ0n) is 10.9. The second-order valence-electron chi connectivity index (χ2n) is 4.79. The van der Waals surface area contributed by atoms with Crippen LogP contribution in [0.4, 0.5) is 5.13 Å². The minimum Gasteiger partial charge on any atom is -0.362 e. The molecule has 1 heterocycles. The van der Waals surface area contributed by atoms with Gasteiger partial charge in [-0.3, -0.25) is 4.90 Å². The Bertz CT molecular complexity index is 333. The van der Waals surface area contributed by atoms with Crippen molar-refractivity contribution in [3.8, 4) is 0 Å². The Morgan fingerprint density at radius 3 is 2.88 bits per heavy atom. The van der Waals surface area contributed by atoms with Gasteiger partial charge in [0.15, 0.2) is 5.13 Å². The highest BCUT2D eigenvalue weighted by atomic mass is 32.1. The van der Waals surface area contributed by atoms with E-state index in [1.807, 2.05) is 6.20 Å². The van der Waals surface area contributed by atoms with E-state index in [-0.39, 0.29) is 0 Å². The highest BCUT2D eigenvalue weighted by Gasteiger charge is 2.20. The Morgan fingerprint density at radius 2 is 2.29 bits per heavy atom. The molecule has 1 aromatic rings. The number of nitrogens with zero attached hydrogens (tertiary/aromatic N) is 2. The van der Waals surface area contributed by atoms with E-state index in [0.29, 0.717) is 0 Å². The van der Waals surface area contributed by atoms with E-state index < -0.39 is 0 Å². The first-order valence-electron chi connectivity index (χ1n) is 6.72. The third-order valence-corrected chi connectivity index (χ3v) is 4.39. The van der Waals surface area contributed by atoms with Crippen molar-refractivity contribution in [1.29, 1.82) is 0 Å². The van der Waals surface area contributed by atoms with Crippen molar-refractivity contribution in [2.75, 3.05) is 25.0 Å². The van der Waals surface area contributed by atoms with E-state index >= 15 is 0 Å². The molecule has 1 aliphatic rings. The molecule has 1 fully saturated rings. The summed E-state index contributed by atoms with van der Waals surface area (Å²) in [5.41, 5.74) is 0. The van der Waals surface area contributed by atoms with Crippen LogP contribution in [0, 0.1) is 5.92 Å². The van der Waals surface area contributed by atoms with Crippen LogP contribution < -0.4 is 5.32 Å². The van der Waals surface area contributed by atoms with Gasteiger partial charge in [0.1, 0.15) is 0 Å². The standard InChI is InChI=1S/C13H23N3S/c1-3-14-13-15-8-12(17-13)10-16(4-2)9-11-6-5-7-11/h8,11H,3-7,9-10H2,1-2H3,(H,14,15). The summed E-state index contributed by atoms with van der Waals surface area (Å²) in [5.74, 6) is 0.955. The maximum Gasteiger partial charge on any atom is 0.182 e. The average Bonchev–Trinajstić information content (AvgIpc) is 2.70. The quantitative estimate of drug-likeness (QED) is 0.809. The fraction of sp³-hybridized carbons (Fsp3) is 0.769. The molecule has 0 unspecified atom stereocenters. The lowest BCUT2D eigenvalue weighted by atomic mass is 9.85. The van der Waals surface area contributed by atoms with Crippen molar-refractivity contribution in [3.63, 3.8) is 0 Å². The SMILES string of the molecule is CCNc1ncc(CN(CC)CC2CCC2)s1. The summed E-state index contributed by atoms with van der Waals surface area (Å²) in [6.07, 6.45) is 6.32. The third kappa shape index (κ3) is 3.68. The van der Waals surface area contributed by atoms with Crippen molar-refractivity contribution in [2.24, 2.45) is 5.92 Å². The van der Waals surface area contributed by atoms with Crippen molar-refractivity contribution in [3.05, 3.63) is 11.1 Å². The van der Waals surface area contributed by atoms with E-state index in [1.54, 1.807) is 11.3 Å². The fourth-order valence-corrected chi connectivity index (χ4v) is 3.10. The molecule has 1 aliphatic carbocycles. The van der Waals surface area contributed by atoms with E-state index in [9.17, 15) is 0 Å². The molecular weight excluding hydrogens is 230 g/mol. The smallest absolute Gasteiger partial charge is 0.182 e. The van der Waals surface area contributed by atoms with Gasteiger partial charge < -0.3 is 5.32 Å². The maximum absolute atomic E-state index is 4.39. The minimum atomic E-state index is 0.951. The summed E-state index contributed by atoms with van der Waals surface area (Å²) in [4.78, 5) is 8.31. The van der Waals surface area contributed by atoms with E-state index in [4.69, 9.17) is 0 Å². The zero-order chi connectivity index (χ0) is 12.1. The molecule has 0 bridgehead atoms. The van der Waals surface area contributed by atoms with Gasteiger partial charge in [0, 0.05) is 30.7 Å². The summed E-state index contributed by atoms with van der Waals surface area (Å²) >= 11 is 1.79. The summed E-state index contributed by atoms with van der Waals surface area (Å²) in [6, 6.07) is 0. The molecule has 0 aromatic carbocycles. The van der Waals surface area contributed by atoms with E-state index in [0.717, 1.165) is 30.7 Å². The van der Waals surface area contributed by atoms with Gasteiger partial charge in [-0.15, -0.1) is 11.3 Å². The first-order chi connectivity index (χ1) is 8.31. The lowest BCUT2D eigenvalue weighted by molar-refractivity contribution is 0.179. The van der Waals surface area contributed by atoms with Crippen LogP contribution in [0.5, 0.6) is 0 Å². The van der Waals surface area contributed by atoms with Crippen LogP contribution in [0.15, 0.2) is 6.20 Å². The largest absolute Gasteiger partial charge is 0.362 e. The van der Waals surface area contributed by atoms with Gasteiger partial charge in [-0.05, 0) is 32.2 Å². The molecular formula is C13H23N3S. The number of aromatic nitrogens is 1. The van der Waals surface area contributed by atoms with E-state index in [1.165, 1.54) is 30.7 Å². The molecule has 0 radical (unpaired) electrons. The molecule has 0 atom stereocenters. The van der Waals surface area contributed by atoms with Gasteiger partial charge in [0.2, 0.25) is 0 Å². The molecule has 0 amide bonds. The molecule has 1 N–H and O–H groups in total. The average molecular weight is 253 g/mol. The fourth-order valence-electron chi connectivity index (χ4n) is 2.18. The summed E-state index contributed by atoms with van der Waals surface area (Å²) in [6.45, 7) is 8.79.